The number of aliphatic carboxylic acids is 1. The van der Waals surface area contributed by atoms with Gasteiger partial charge in [-0.25, -0.2) is 4.79 Å². The summed E-state index contributed by atoms with van der Waals surface area (Å²) in [5.41, 5.74) is 1.58. The van der Waals surface area contributed by atoms with Gasteiger partial charge in [0.05, 0.1) is 5.02 Å². The van der Waals surface area contributed by atoms with Gasteiger partial charge < -0.3 is 9.84 Å². The minimum atomic E-state index is -1.05. The van der Waals surface area contributed by atoms with Crippen molar-refractivity contribution in [3.05, 3.63) is 63.6 Å². The number of rotatable bonds is 4. The fourth-order valence-corrected chi connectivity index (χ4v) is 2.16. The summed E-state index contributed by atoms with van der Waals surface area (Å²) in [6, 6.07) is 10.4. The number of hydrogen-bond acceptors (Lipinski definition) is 2. The second-order valence-corrected chi connectivity index (χ2v) is 5.23. The third-order valence-electron chi connectivity index (χ3n) is 2.68. The molecular weight excluding hydrogens is 311 g/mol. The van der Waals surface area contributed by atoms with Crippen LogP contribution in [0.25, 0.3) is 6.08 Å². The summed E-state index contributed by atoms with van der Waals surface area (Å²) < 4.78 is 5.75. The Bertz CT molecular complexity index is 709. The molecular formula is C16H12Cl2O3. The Morgan fingerprint density at radius 3 is 2.52 bits per heavy atom. The molecule has 3 nitrogen and oxygen atoms in total. The number of aryl methyl sites for hydroxylation is 1. The van der Waals surface area contributed by atoms with E-state index in [1.807, 2.05) is 13.0 Å². The largest absolute Gasteiger partial charge is 0.478 e. The van der Waals surface area contributed by atoms with Crippen LogP contribution in [0.1, 0.15) is 11.1 Å². The molecule has 0 fully saturated rings. The fourth-order valence-electron chi connectivity index (χ4n) is 1.71. The summed E-state index contributed by atoms with van der Waals surface area (Å²) in [6.45, 7) is 1.93. The standard InChI is InChI=1S/C16H12Cl2O3/c1-10-2-5-15(13(18)8-10)21-14-6-4-12(17)9-11(14)3-7-16(19)20/h2-9H,1H3,(H,19,20)/b7-3+. The molecule has 5 heteroatoms. The Balaban J connectivity index is 2.37. The van der Waals surface area contributed by atoms with E-state index in [-0.39, 0.29) is 0 Å². The normalized spacial score (nSPS) is 10.8. The maximum atomic E-state index is 10.6. The second-order valence-electron chi connectivity index (χ2n) is 4.39. The van der Waals surface area contributed by atoms with Crippen molar-refractivity contribution in [2.45, 2.75) is 6.92 Å². The van der Waals surface area contributed by atoms with Crippen LogP contribution in [-0.2, 0) is 4.79 Å². The van der Waals surface area contributed by atoms with Gasteiger partial charge in [-0.15, -0.1) is 0 Å². The molecule has 0 aliphatic rings. The zero-order valence-electron chi connectivity index (χ0n) is 11.1. The SMILES string of the molecule is Cc1ccc(Oc2ccc(Cl)cc2/C=C/C(=O)O)c(Cl)c1. The van der Waals surface area contributed by atoms with Crippen LogP contribution in [0.5, 0.6) is 11.5 Å². The maximum absolute atomic E-state index is 10.6. The molecule has 1 N–H and O–H groups in total. The molecule has 0 bridgehead atoms. The van der Waals surface area contributed by atoms with Crippen molar-refractivity contribution >= 4 is 35.2 Å². The van der Waals surface area contributed by atoms with Crippen molar-refractivity contribution in [1.29, 1.82) is 0 Å². The topological polar surface area (TPSA) is 46.5 Å². The van der Waals surface area contributed by atoms with Crippen molar-refractivity contribution in [2.75, 3.05) is 0 Å². The first-order valence-corrected chi connectivity index (χ1v) is 6.86. The molecule has 0 aromatic heterocycles. The summed E-state index contributed by atoms with van der Waals surface area (Å²) in [7, 11) is 0. The van der Waals surface area contributed by atoms with Gasteiger partial charge in [0.1, 0.15) is 11.5 Å². The number of carbonyl (C=O) groups is 1. The first kappa shape index (κ1) is 15.4. The first-order valence-electron chi connectivity index (χ1n) is 6.10. The molecule has 2 rings (SSSR count). The molecule has 0 heterocycles. The van der Waals surface area contributed by atoms with Gasteiger partial charge in [0.25, 0.3) is 0 Å². The lowest BCUT2D eigenvalue weighted by atomic mass is 10.2. The van der Waals surface area contributed by atoms with E-state index in [2.05, 4.69) is 0 Å². The van der Waals surface area contributed by atoms with Crippen molar-refractivity contribution in [3.8, 4) is 11.5 Å². The van der Waals surface area contributed by atoms with Crippen LogP contribution in [-0.4, -0.2) is 11.1 Å². The Labute approximate surface area is 132 Å². The summed E-state index contributed by atoms with van der Waals surface area (Å²) in [5, 5.41) is 9.69. The summed E-state index contributed by atoms with van der Waals surface area (Å²) >= 11 is 12.1. The minimum absolute atomic E-state index is 0.475. The van der Waals surface area contributed by atoms with Gasteiger partial charge in [-0.2, -0.15) is 0 Å². The van der Waals surface area contributed by atoms with E-state index < -0.39 is 5.97 Å². The highest BCUT2D eigenvalue weighted by atomic mass is 35.5. The number of carboxylic acid groups (broad SMARTS) is 1. The molecule has 0 saturated heterocycles. The van der Waals surface area contributed by atoms with E-state index in [4.69, 9.17) is 33.0 Å². The number of benzene rings is 2. The highest BCUT2D eigenvalue weighted by Crippen LogP contribution is 2.33. The van der Waals surface area contributed by atoms with E-state index in [1.54, 1.807) is 30.3 Å². The van der Waals surface area contributed by atoms with Crippen LogP contribution in [0.15, 0.2) is 42.5 Å². The number of halogens is 2. The van der Waals surface area contributed by atoms with Crippen LogP contribution >= 0.6 is 23.2 Å². The third kappa shape index (κ3) is 4.25. The van der Waals surface area contributed by atoms with Crippen LogP contribution in [0.3, 0.4) is 0 Å². The monoisotopic (exact) mass is 322 g/mol. The Hall–Kier alpha value is -1.97. The summed E-state index contributed by atoms with van der Waals surface area (Å²) in [4.78, 5) is 10.6. The van der Waals surface area contributed by atoms with E-state index in [0.717, 1.165) is 11.6 Å². The Morgan fingerprint density at radius 1 is 1.14 bits per heavy atom. The predicted molar refractivity (Wildman–Crippen MR) is 84.4 cm³/mol. The molecule has 0 amide bonds. The molecule has 0 atom stereocenters. The average Bonchev–Trinajstić information content (AvgIpc) is 2.41. The third-order valence-corrected chi connectivity index (χ3v) is 3.22. The smallest absolute Gasteiger partial charge is 0.328 e. The molecule has 0 spiro atoms. The fraction of sp³-hybridized carbons (Fsp3) is 0.0625. The van der Waals surface area contributed by atoms with E-state index in [1.165, 1.54) is 6.08 Å². The second kappa shape index (κ2) is 6.66. The lowest BCUT2D eigenvalue weighted by Gasteiger charge is -2.11. The van der Waals surface area contributed by atoms with E-state index in [0.29, 0.717) is 27.1 Å². The van der Waals surface area contributed by atoms with Crippen molar-refractivity contribution < 1.29 is 14.6 Å². The van der Waals surface area contributed by atoms with E-state index >= 15 is 0 Å². The Kier molecular flexibility index (Phi) is 4.89. The molecule has 2 aromatic carbocycles. The molecule has 0 unspecified atom stereocenters. The van der Waals surface area contributed by atoms with Crippen molar-refractivity contribution in [1.82, 2.24) is 0 Å². The van der Waals surface area contributed by atoms with Crippen molar-refractivity contribution in [3.63, 3.8) is 0 Å². The molecule has 2 aromatic rings. The highest BCUT2D eigenvalue weighted by molar-refractivity contribution is 6.32. The van der Waals surface area contributed by atoms with Gasteiger partial charge in [0.15, 0.2) is 0 Å². The zero-order chi connectivity index (χ0) is 15.4. The van der Waals surface area contributed by atoms with Gasteiger partial charge in [-0.05, 0) is 48.9 Å². The first-order chi connectivity index (χ1) is 9.95. The highest BCUT2D eigenvalue weighted by Gasteiger charge is 2.07. The predicted octanol–water partition coefficient (Wildman–Crippen LogP) is 5.19. The van der Waals surface area contributed by atoms with Gasteiger partial charge >= 0.3 is 5.97 Å². The molecule has 0 saturated carbocycles. The molecule has 0 radical (unpaired) electrons. The van der Waals surface area contributed by atoms with Crippen LogP contribution < -0.4 is 4.74 Å². The van der Waals surface area contributed by atoms with Gasteiger partial charge in [0, 0.05) is 16.7 Å². The van der Waals surface area contributed by atoms with Gasteiger partial charge in [-0.3, -0.25) is 0 Å². The Morgan fingerprint density at radius 2 is 1.86 bits per heavy atom. The summed E-state index contributed by atoms with van der Waals surface area (Å²) in [6.07, 6.45) is 2.45. The lowest BCUT2D eigenvalue weighted by Crippen LogP contribution is -1.91. The maximum Gasteiger partial charge on any atom is 0.328 e. The van der Waals surface area contributed by atoms with Crippen LogP contribution in [0.2, 0.25) is 10.0 Å². The van der Waals surface area contributed by atoms with Gasteiger partial charge in [0.2, 0.25) is 0 Å². The zero-order valence-corrected chi connectivity index (χ0v) is 12.7. The average molecular weight is 323 g/mol. The minimum Gasteiger partial charge on any atom is -0.478 e. The molecule has 0 aliphatic heterocycles. The quantitative estimate of drug-likeness (QED) is 0.787. The van der Waals surface area contributed by atoms with Gasteiger partial charge in [-0.1, -0.05) is 29.3 Å². The van der Waals surface area contributed by atoms with E-state index in [9.17, 15) is 4.79 Å². The van der Waals surface area contributed by atoms with Crippen molar-refractivity contribution in [2.24, 2.45) is 0 Å². The van der Waals surface area contributed by atoms with Crippen LogP contribution in [0.4, 0.5) is 0 Å². The number of hydrogen-bond donors (Lipinski definition) is 1. The molecule has 0 aliphatic carbocycles. The van der Waals surface area contributed by atoms with Crippen LogP contribution in [0, 0.1) is 6.92 Å². The lowest BCUT2D eigenvalue weighted by molar-refractivity contribution is -0.131. The summed E-state index contributed by atoms with van der Waals surface area (Å²) in [5.74, 6) is -0.0773. The molecule has 108 valence electrons. The molecule has 21 heavy (non-hydrogen) atoms. The number of ether oxygens (including phenoxy) is 1. The number of carboxylic acids is 1.